The molecule has 0 spiro atoms. The van der Waals surface area contributed by atoms with E-state index in [-0.39, 0.29) is 12.3 Å². The summed E-state index contributed by atoms with van der Waals surface area (Å²) in [6, 6.07) is -5.19. The quantitative estimate of drug-likeness (QED) is 0.154. The van der Waals surface area contributed by atoms with Crippen LogP contribution in [0.4, 0.5) is 0 Å². The summed E-state index contributed by atoms with van der Waals surface area (Å²) in [4.78, 5) is 55.5. The number of hydrogen-bond acceptors (Lipinski definition) is 8. The predicted molar refractivity (Wildman–Crippen MR) is 112 cm³/mol. The van der Waals surface area contributed by atoms with Gasteiger partial charge in [-0.2, -0.15) is 0 Å². The number of carboxylic acids is 1. The first-order valence-corrected chi connectivity index (χ1v) is 10.2. The number of rotatable bonds is 13. The Morgan fingerprint density at radius 1 is 1.09 bits per heavy atom. The number of aromatic nitrogens is 2. The molecule has 3 amide bonds. The number of nitrogens with two attached hydrogens (primary N) is 1. The van der Waals surface area contributed by atoms with Crippen LogP contribution in [0.1, 0.15) is 32.9 Å². The molecule has 1 heterocycles. The van der Waals surface area contributed by atoms with Crippen LogP contribution in [0.3, 0.4) is 0 Å². The van der Waals surface area contributed by atoms with Gasteiger partial charge in [0.25, 0.3) is 0 Å². The molecule has 0 saturated heterocycles. The molecule has 0 aromatic carbocycles. The van der Waals surface area contributed by atoms with Gasteiger partial charge >= 0.3 is 5.97 Å². The average molecular weight is 457 g/mol. The van der Waals surface area contributed by atoms with Gasteiger partial charge in [0.1, 0.15) is 18.1 Å². The molecular weight excluding hydrogens is 424 g/mol. The number of carbonyl (C=O) groups excluding carboxylic acids is 3. The van der Waals surface area contributed by atoms with E-state index >= 15 is 0 Å². The summed E-state index contributed by atoms with van der Waals surface area (Å²) in [6.07, 6.45) is 1.98. The first kappa shape index (κ1) is 27.0. The molecule has 13 heteroatoms. The van der Waals surface area contributed by atoms with Crippen LogP contribution in [-0.2, 0) is 25.6 Å². The highest BCUT2D eigenvalue weighted by Crippen LogP contribution is 2.07. The minimum Gasteiger partial charge on any atom is -0.480 e. The van der Waals surface area contributed by atoms with E-state index in [4.69, 9.17) is 15.9 Å². The molecule has 0 saturated carbocycles. The van der Waals surface area contributed by atoms with E-state index in [1.807, 2.05) is 6.92 Å². The zero-order chi connectivity index (χ0) is 24.4. The Balaban J connectivity index is 3.00. The summed E-state index contributed by atoms with van der Waals surface area (Å²) in [5.41, 5.74) is 6.33. The lowest BCUT2D eigenvalue weighted by molar-refractivity contribution is -0.143. The predicted octanol–water partition coefficient (Wildman–Crippen LogP) is -2.76. The SMILES string of the molecule is CCC(C)C(N)C(=O)NC(C(=O)NC(Cc1cnc[nH]1)C(=O)NC(CO)C(=O)O)C(C)O. The number of aliphatic hydroxyl groups excluding tert-OH is 2. The van der Waals surface area contributed by atoms with Crippen molar-refractivity contribution in [2.45, 2.75) is 63.9 Å². The Hall–Kier alpha value is -3.03. The molecule has 9 N–H and O–H groups in total. The third-order valence-electron chi connectivity index (χ3n) is 5.03. The van der Waals surface area contributed by atoms with Gasteiger partial charge < -0.3 is 42.0 Å². The van der Waals surface area contributed by atoms with E-state index in [1.54, 1.807) is 6.92 Å². The zero-order valence-electron chi connectivity index (χ0n) is 18.2. The highest BCUT2D eigenvalue weighted by Gasteiger charge is 2.33. The lowest BCUT2D eigenvalue weighted by atomic mass is 9.98. The lowest BCUT2D eigenvalue weighted by Crippen LogP contribution is -2.60. The fourth-order valence-corrected chi connectivity index (χ4v) is 2.71. The van der Waals surface area contributed by atoms with Gasteiger partial charge in [0.15, 0.2) is 0 Å². The molecule has 0 aliphatic heterocycles. The van der Waals surface area contributed by atoms with Gasteiger partial charge in [0.2, 0.25) is 17.7 Å². The van der Waals surface area contributed by atoms with Crippen molar-refractivity contribution in [3.8, 4) is 0 Å². The highest BCUT2D eigenvalue weighted by molar-refractivity contribution is 5.94. The van der Waals surface area contributed by atoms with Crippen molar-refractivity contribution >= 4 is 23.7 Å². The topological polar surface area (TPSA) is 220 Å². The molecule has 1 aromatic rings. The molecule has 6 atom stereocenters. The molecular formula is C19H32N6O7. The number of hydrogen-bond donors (Lipinski definition) is 8. The number of aliphatic carboxylic acids is 1. The van der Waals surface area contributed by atoms with E-state index < -0.39 is 60.6 Å². The number of nitrogens with one attached hydrogen (secondary N) is 4. The van der Waals surface area contributed by atoms with E-state index in [0.29, 0.717) is 12.1 Å². The van der Waals surface area contributed by atoms with Crippen LogP contribution in [0.2, 0.25) is 0 Å². The summed E-state index contributed by atoms with van der Waals surface area (Å²) >= 11 is 0. The standard InChI is InChI=1S/C19H32N6O7/c1-4-9(2)14(20)17(29)25-15(10(3)27)18(30)23-12(5-11-6-21-8-22-11)16(28)24-13(7-26)19(31)32/h6,8-10,12-15,26-27H,4-5,7,20H2,1-3H3,(H,21,22)(H,23,30)(H,24,28)(H,25,29)(H,31,32). The van der Waals surface area contributed by atoms with Gasteiger partial charge in [0, 0.05) is 18.3 Å². The number of amides is 3. The Kier molecular flexibility index (Phi) is 10.7. The van der Waals surface area contributed by atoms with E-state index in [9.17, 15) is 24.3 Å². The van der Waals surface area contributed by atoms with Crippen molar-refractivity contribution in [1.82, 2.24) is 25.9 Å². The number of aromatic amines is 1. The van der Waals surface area contributed by atoms with Crippen molar-refractivity contribution in [3.05, 3.63) is 18.2 Å². The minimum atomic E-state index is -1.58. The fourth-order valence-electron chi connectivity index (χ4n) is 2.71. The first-order chi connectivity index (χ1) is 15.0. The summed E-state index contributed by atoms with van der Waals surface area (Å²) < 4.78 is 0. The van der Waals surface area contributed by atoms with Gasteiger partial charge in [-0.15, -0.1) is 0 Å². The third kappa shape index (κ3) is 7.90. The maximum Gasteiger partial charge on any atom is 0.328 e. The number of imidazole rings is 1. The van der Waals surface area contributed by atoms with Crippen molar-refractivity contribution in [1.29, 1.82) is 0 Å². The van der Waals surface area contributed by atoms with E-state index in [1.165, 1.54) is 19.4 Å². The largest absolute Gasteiger partial charge is 0.480 e. The monoisotopic (exact) mass is 456 g/mol. The molecule has 32 heavy (non-hydrogen) atoms. The second kappa shape index (κ2) is 12.7. The second-order valence-corrected chi connectivity index (χ2v) is 7.56. The molecule has 1 aromatic heterocycles. The Morgan fingerprint density at radius 2 is 1.72 bits per heavy atom. The maximum atomic E-state index is 12.8. The van der Waals surface area contributed by atoms with Crippen molar-refractivity contribution in [2.24, 2.45) is 11.7 Å². The van der Waals surface area contributed by atoms with E-state index in [0.717, 1.165) is 0 Å². The Bertz CT molecular complexity index is 770. The van der Waals surface area contributed by atoms with Crippen LogP contribution in [0.5, 0.6) is 0 Å². The molecule has 0 bridgehead atoms. The van der Waals surface area contributed by atoms with Crippen LogP contribution >= 0.6 is 0 Å². The number of H-pyrrole nitrogens is 1. The van der Waals surface area contributed by atoms with Gasteiger partial charge in [0.05, 0.1) is 25.1 Å². The molecule has 0 aliphatic carbocycles. The molecule has 6 unspecified atom stereocenters. The highest BCUT2D eigenvalue weighted by atomic mass is 16.4. The van der Waals surface area contributed by atoms with Gasteiger partial charge in [-0.05, 0) is 12.8 Å². The van der Waals surface area contributed by atoms with Crippen molar-refractivity contribution in [2.75, 3.05) is 6.61 Å². The van der Waals surface area contributed by atoms with Gasteiger partial charge in [-0.25, -0.2) is 9.78 Å². The number of aliphatic hydroxyl groups is 2. The molecule has 0 radical (unpaired) electrons. The van der Waals surface area contributed by atoms with Crippen LogP contribution in [0.15, 0.2) is 12.5 Å². The number of nitrogens with zero attached hydrogens (tertiary/aromatic N) is 1. The molecule has 0 fully saturated rings. The van der Waals surface area contributed by atoms with Gasteiger partial charge in [-0.3, -0.25) is 14.4 Å². The smallest absolute Gasteiger partial charge is 0.328 e. The second-order valence-electron chi connectivity index (χ2n) is 7.56. The van der Waals surface area contributed by atoms with Gasteiger partial charge in [-0.1, -0.05) is 20.3 Å². The van der Waals surface area contributed by atoms with Crippen LogP contribution in [0, 0.1) is 5.92 Å². The first-order valence-electron chi connectivity index (χ1n) is 10.2. The average Bonchev–Trinajstić information content (AvgIpc) is 3.26. The summed E-state index contributed by atoms with van der Waals surface area (Å²) in [6.45, 7) is 4.06. The normalized spacial score (nSPS) is 16.7. The fraction of sp³-hybridized carbons (Fsp3) is 0.632. The Labute approximate surface area is 185 Å². The Morgan fingerprint density at radius 3 is 2.19 bits per heavy atom. The summed E-state index contributed by atoms with van der Waals surface area (Å²) in [7, 11) is 0. The van der Waals surface area contributed by atoms with E-state index in [2.05, 4.69) is 25.9 Å². The van der Waals surface area contributed by atoms with Crippen LogP contribution in [0.25, 0.3) is 0 Å². The third-order valence-corrected chi connectivity index (χ3v) is 5.03. The zero-order valence-corrected chi connectivity index (χ0v) is 18.2. The molecule has 180 valence electrons. The van der Waals surface area contributed by atoms with Crippen LogP contribution in [-0.4, -0.2) is 85.9 Å². The molecule has 1 rings (SSSR count). The number of carbonyl (C=O) groups is 4. The minimum absolute atomic E-state index is 0.0950. The van der Waals surface area contributed by atoms with Crippen molar-refractivity contribution < 1.29 is 34.5 Å². The van der Waals surface area contributed by atoms with Crippen LogP contribution < -0.4 is 21.7 Å². The molecule has 0 aliphatic rings. The maximum absolute atomic E-state index is 12.8. The molecule has 13 nitrogen and oxygen atoms in total. The summed E-state index contributed by atoms with van der Waals surface area (Å²) in [5.74, 6) is -4.03. The van der Waals surface area contributed by atoms with Crippen molar-refractivity contribution in [3.63, 3.8) is 0 Å². The lowest BCUT2D eigenvalue weighted by Gasteiger charge is -2.27. The summed E-state index contributed by atoms with van der Waals surface area (Å²) in [5, 5.41) is 35.2. The number of carboxylic acid groups (broad SMARTS) is 1.